The molecule has 0 spiro atoms. The quantitative estimate of drug-likeness (QED) is 0.884. The van der Waals surface area contributed by atoms with Crippen LogP contribution >= 0.6 is 0 Å². The number of nitrogens with one attached hydrogen (secondary N) is 1. The van der Waals surface area contributed by atoms with Gasteiger partial charge in [0.2, 0.25) is 0 Å². The van der Waals surface area contributed by atoms with Crippen LogP contribution in [0.3, 0.4) is 0 Å². The minimum atomic E-state index is 0.630. The van der Waals surface area contributed by atoms with Crippen LogP contribution in [-0.2, 0) is 6.54 Å². The van der Waals surface area contributed by atoms with Gasteiger partial charge in [-0.05, 0) is 57.1 Å². The van der Waals surface area contributed by atoms with Crippen molar-refractivity contribution in [1.29, 1.82) is 5.26 Å². The maximum Gasteiger partial charge on any atom is 0.0991 e. The predicted molar refractivity (Wildman–Crippen MR) is 73.1 cm³/mol. The number of rotatable bonds is 3. The van der Waals surface area contributed by atoms with Gasteiger partial charge < -0.3 is 10.2 Å². The van der Waals surface area contributed by atoms with Gasteiger partial charge in [0.15, 0.2) is 0 Å². The van der Waals surface area contributed by atoms with Crippen LogP contribution in [0.1, 0.15) is 30.4 Å². The summed E-state index contributed by atoms with van der Waals surface area (Å²) in [6, 6.07) is 10.6. The Morgan fingerprint density at radius 1 is 1.28 bits per heavy atom. The van der Waals surface area contributed by atoms with Gasteiger partial charge in [0, 0.05) is 12.6 Å². The smallest absolute Gasteiger partial charge is 0.0991 e. The second-order valence-electron chi connectivity index (χ2n) is 5.12. The molecule has 1 aromatic carbocycles. The van der Waals surface area contributed by atoms with E-state index in [-0.39, 0.29) is 0 Å². The van der Waals surface area contributed by atoms with E-state index in [1.165, 1.54) is 37.9 Å². The highest BCUT2D eigenvalue weighted by molar-refractivity contribution is 5.31. The molecule has 0 amide bonds. The van der Waals surface area contributed by atoms with Crippen molar-refractivity contribution in [2.45, 2.75) is 31.8 Å². The highest BCUT2D eigenvalue weighted by Crippen LogP contribution is 2.11. The Balaban J connectivity index is 1.81. The molecule has 1 aliphatic rings. The molecule has 0 radical (unpaired) electrons. The van der Waals surface area contributed by atoms with E-state index < -0.39 is 0 Å². The topological polar surface area (TPSA) is 39.1 Å². The van der Waals surface area contributed by atoms with E-state index in [1.807, 2.05) is 24.3 Å². The fourth-order valence-corrected chi connectivity index (χ4v) is 2.40. The molecule has 1 N–H and O–H groups in total. The summed E-state index contributed by atoms with van der Waals surface area (Å²) in [5, 5.41) is 12.4. The molecule has 0 bridgehead atoms. The molecular formula is C15H21N3. The van der Waals surface area contributed by atoms with Crippen molar-refractivity contribution in [3.63, 3.8) is 0 Å². The Kier molecular flexibility index (Phi) is 4.74. The summed E-state index contributed by atoms with van der Waals surface area (Å²) in [5.41, 5.74) is 1.99. The molecule has 1 fully saturated rings. The average Bonchev–Trinajstić information content (AvgIpc) is 2.62. The standard InChI is InChI=1S/C15H21N3/c1-18-9-2-3-15(8-10-18)17-12-14-6-4-13(11-16)5-7-14/h4-7,15,17H,2-3,8-10,12H2,1H3. The molecule has 1 atom stereocenters. The fraction of sp³-hybridized carbons (Fsp3) is 0.533. The van der Waals surface area contributed by atoms with Crippen LogP contribution in [0.5, 0.6) is 0 Å². The van der Waals surface area contributed by atoms with Crippen LogP contribution < -0.4 is 5.32 Å². The molecule has 18 heavy (non-hydrogen) atoms. The molecule has 1 aromatic rings. The minimum Gasteiger partial charge on any atom is -0.310 e. The monoisotopic (exact) mass is 243 g/mol. The second kappa shape index (κ2) is 6.53. The maximum atomic E-state index is 8.75. The Morgan fingerprint density at radius 3 is 2.78 bits per heavy atom. The van der Waals surface area contributed by atoms with Crippen molar-refractivity contribution < 1.29 is 0 Å². The van der Waals surface area contributed by atoms with Gasteiger partial charge in [-0.1, -0.05) is 12.1 Å². The molecule has 0 saturated carbocycles. The summed E-state index contributed by atoms with van der Waals surface area (Å²) in [7, 11) is 2.20. The maximum absolute atomic E-state index is 8.75. The molecule has 2 rings (SSSR count). The second-order valence-corrected chi connectivity index (χ2v) is 5.12. The van der Waals surface area contributed by atoms with Crippen LogP contribution in [0.2, 0.25) is 0 Å². The van der Waals surface area contributed by atoms with Gasteiger partial charge in [0.05, 0.1) is 11.6 Å². The molecule has 1 heterocycles. The van der Waals surface area contributed by atoms with Crippen molar-refractivity contribution in [2.24, 2.45) is 0 Å². The van der Waals surface area contributed by atoms with E-state index in [0.29, 0.717) is 6.04 Å². The summed E-state index contributed by atoms with van der Waals surface area (Å²) in [4.78, 5) is 2.41. The molecule has 1 aliphatic heterocycles. The van der Waals surface area contributed by atoms with Crippen LogP contribution in [0.25, 0.3) is 0 Å². The van der Waals surface area contributed by atoms with Gasteiger partial charge in [-0.25, -0.2) is 0 Å². The number of hydrogen-bond acceptors (Lipinski definition) is 3. The molecule has 0 aliphatic carbocycles. The Hall–Kier alpha value is -1.37. The number of nitrogens with zero attached hydrogens (tertiary/aromatic N) is 2. The predicted octanol–water partition coefficient (Wildman–Crippen LogP) is 2.13. The first-order valence-corrected chi connectivity index (χ1v) is 6.69. The summed E-state index contributed by atoms with van der Waals surface area (Å²) >= 11 is 0. The van der Waals surface area contributed by atoms with Gasteiger partial charge in [0.1, 0.15) is 0 Å². The van der Waals surface area contributed by atoms with Crippen LogP contribution in [-0.4, -0.2) is 31.1 Å². The lowest BCUT2D eigenvalue weighted by Crippen LogP contribution is -2.29. The summed E-state index contributed by atoms with van der Waals surface area (Å²) in [5.74, 6) is 0. The third kappa shape index (κ3) is 3.83. The number of nitriles is 1. The lowest BCUT2D eigenvalue weighted by Gasteiger charge is -2.16. The van der Waals surface area contributed by atoms with Crippen LogP contribution in [0, 0.1) is 11.3 Å². The zero-order chi connectivity index (χ0) is 12.8. The summed E-state index contributed by atoms with van der Waals surface area (Å²) < 4.78 is 0. The molecule has 3 nitrogen and oxygen atoms in total. The van der Waals surface area contributed by atoms with Gasteiger partial charge in [-0.15, -0.1) is 0 Å². The van der Waals surface area contributed by atoms with Crippen molar-refractivity contribution in [2.75, 3.05) is 20.1 Å². The van der Waals surface area contributed by atoms with Crippen LogP contribution in [0.4, 0.5) is 0 Å². The minimum absolute atomic E-state index is 0.630. The molecular weight excluding hydrogens is 222 g/mol. The van der Waals surface area contributed by atoms with Crippen molar-refractivity contribution in [1.82, 2.24) is 10.2 Å². The molecule has 1 saturated heterocycles. The van der Waals surface area contributed by atoms with Crippen molar-refractivity contribution in [3.05, 3.63) is 35.4 Å². The SMILES string of the molecule is CN1CCCC(NCc2ccc(C#N)cc2)CC1. The number of benzene rings is 1. The van der Waals surface area contributed by atoms with E-state index in [9.17, 15) is 0 Å². The van der Waals surface area contributed by atoms with Crippen molar-refractivity contribution >= 4 is 0 Å². The Labute approximate surface area is 109 Å². The molecule has 3 heteroatoms. The van der Waals surface area contributed by atoms with E-state index in [4.69, 9.17) is 5.26 Å². The highest BCUT2D eigenvalue weighted by Gasteiger charge is 2.13. The van der Waals surface area contributed by atoms with E-state index >= 15 is 0 Å². The lowest BCUT2D eigenvalue weighted by molar-refractivity contribution is 0.343. The Morgan fingerprint density at radius 2 is 2.06 bits per heavy atom. The molecule has 1 unspecified atom stereocenters. The zero-order valence-electron chi connectivity index (χ0n) is 11.0. The van der Waals surface area contributed by atoms with E-state index in [0.717, 1.165) is 12.1 Å². The third-order valence-electron chi connectivity index (χ3n) is 3.63. The fourth-order valence-electron chi connectivity index (χ4n) is 2.40. The third-order valence-corrected chi connectivity index (χ3v) is 3.63. The summed E-state index contributed by atoms with van der Waals surface area (Å²) in [6.45, 7) is 3.31. The van der Waals surface area contributed by atoms with E-state index in [2.05, 4.69) is 23.3 Å². The van der Waals surface area contributed by atoms with Gasteiger partial charge >= 0.3 is 0 Å². The zero-order valence-corrected chi connectivity index (χ0v) is 11.0. The van der Waals surface area contributed by atoms with Crippen molar-refractivity contribution in [3.8, 4) is 6.07 Å². The first-order chi connectivity index (χ1) is 8.78. The van der Waals surface area contributed by atoms with Gasteiger partial charge in [0.25, 0.3) is 0 Å². The van der Waals surface area contributed by atoms with Gasteiger partial charge in [-0.2, -0.15) is 5.26 Å². The lowest BCUT2D eigenvalue weighted by atomic mass is 10.1. The molecule has 96 valence electrons. The highest BCUT2D eigenvalue weighted by atomic mass is 15.1. The largest absolute Gasteiger partial charge is 0.310 e. The average molecular weight is 243 g/mol. The van der Waals surface area contributed by atoms with Gasteiger partial charge in [-0.3, -0.25) is 0 Å². The summed E-state index contributed by atoms with van der Waals surface area (Å²) in [6.07, 6.45) is 3.77. The van der Waals surface area contributed by atoms with E-state index in [1.54, 1.807) is 0 Å². The normalized spacial score (nSPS) is 21.2. The number of hydrogen-bond donors (Lipinski definition) is 1. The first kappa shape index (κ1) is 13.1. The van der Waals surface area contributed by atoms with Crippen LogP contribution in [0.15, 0.2) is 24.3 Å². The Bertz CT molecular complexity index is 405. The molecule has 0 aromatic heterocycles. The number of likely N-dealkylation sites (tertiary alicyclic amines) is 1. The first-order valence-electron chi connectivity index (χ1n) is 6.69.